The summed E-state index contributed by atoms with van der Waals surface area (Å²) in [6.45, 7) is -0.195. The zero-order valence-corrected chi connectivity index (χ0v) is 18.7. The second-order valence-corrected chi connectivity index (χ2v) is 8.34. The van der Waals surface area contributed by atoms with Gasteiger partial charge in [0.2, 0.25) is 0 Å². The highest BCUT2D eigenvalue weighted by molar-refractivity contribution is 7.09. The van der Waals surface area contributed by atoms with E-state index in [-0.39, 0.29) is 42.4 Å². The number of alkyl halides is 3. The fraction of sp³-hybridized carbons (Fsp3) is 0.522. The lowest BCUT2D eigenvalue weighted by Crippen LogP contribution is -2.25. The zero-order valence-electron chi connectivity index (χ0n) is 17.5. The predicted molar refractivity (Wildman–Crippen MR) is 116 cm³/mol. The van der Waals surface area contributed by atoms with Crippen molar-refractivity contribution in [3.63, 3.8) is 0 Å². The first-order valence-electron chi connectivity index (χ1n) is 10.6. The lowest BCUT2D eigenvalue weighted by Gasteiger charge is -2.24. The normalized spacial score (nSPS) is 28.7. The molecule has 1 aromatic rings. The average Bonchev–Trinajstić information content (AvgIpc) is 3.09. The standard InChI is InChI=1S/C23H28F3O5P/c24-23(25,26)15-6-5-7-17(12-15)29-14-16(27)10-11-19-18-8-3-1-2-4-9-22(28)30-20(18)13-21(19)31-32/h1,3,5-7,10-12,16,18-21,27H,2,4,8-9,13-14,32H2/b3-1-,11-10+/t16-,18-,19-,20+,21-/m1/s1. The highest BCUT2D eigenvalue weighted by Gasteiger charge is 2.43. The van der Waals surface area contributed by atoms with Gasteiger partial charge in [-0.3, -0.25) is 4.79 Å². The van der Waals surface area contributed by atoms with E-state index in [1.54, 1.807) is 6.08 Å². The summed E-state index contributed by atoms with van der Waals surface area (Å²) in [4.78, 5) is 12.1. The number of benzene rings is 1. The number of halogens is 3. The van der Waals surface area contributed by atoms with Crippen molar-refractivity contribution in [3.05, 3.63) is 54.1 Å². The molecule has 6 atom stereocenters. The van der Waals surface area contributed by atoms with Gasteiger partial charge in [-0.2, -0.15) is 13.2 Å². The molecule has 1 heterocycles. The van der Waals surface area contributed by atoms with Crippen LogP contribution in [0.3, 0.4) is 0 Å². The Hall–Kier alpha value is -1.89. The first-order chi connectivity index (χ1) is 15.3. The monoisotopic (exact) mass is 472 g/mol. The summed E-state index contributed by atoms with van der Waals surface area (Å²) in [5.74, 6) is -0.273. The van der Waals surface area contributed by atoms with E-state index in [4.69, 9.17) is 14.0 Å². The summed E-state index contributed by atoms with van der Waals surface area (Å²) >= 11 is 0. The molecule has 1 aliphatic carbocycles. The molecule has 1 saturated carbocycles. The van der Waals surface area contributed by atoms with Gasteiger partial charge in [-0.25, -0.2) is 0 Å². The Morgan fingerprint density at radius 2 is 2.12 bits per heavy atom. The van der Waals surface area contributed by atoms with Crippen molar-refractivity contribution in [1.29, 1.82) is 0 Å². The number of fused-ring (bicyclic) bond motifs is 1. The van der Waals surface area contributed by atoms with Crippen LogP contribution in [0.1, 0.15) is 37.7 Å². The van der Waals surface area contributed by atoms with E-state index in [2.05, 4.69) is 21.6 Å². The Balaban J connectivity index is 1.64. The van der Waals surface area contributed by atoms with Gasteiger partial charge in [-0.15, -0.1) is 0 Å². The zero-order chi connectivity index (χ0) is 23.1. The van der Waals surface area contributed by atoms with Crippen LogP contribution in [0.2, 0.25) is 0 Å². The van der Waals surface area contributed by atoms with Crippen LogP contribution < -0.4 is 4.74 Å². The fourth-order valence-corrected chi connectivity index (χ4v) is 4.45. The summed E-state index contributed by atoms with van der Waals surface area (Å²) in [5, 5.41) is 10.3. The fourth-order valence-electron chi connectivity index (χ4n) is 4.16. The maximum absolute atomic E-state index is 12.8. The van der Waals surface area contributed by atoms with Crippen molar-refractivity contribution in [3.8, 4) is 5.75 Å². The molecule has 0 saturated heterocycles. The number of aliphatic hydroxyl groups excluding tert-OH is 1. The van der Waals surface area contributed by atoms with Crippen LogP contribution in [-0.4, -0.2) is 36.0 Å². The Kier molecular flexibility index (Phi) is 8.74. The van der Waals surface area contributed by atoms with Crippen molar-refractivity contribution >= 4 is 15.4 Å². The third-order valence-electron chi connectivity index (χ3n) is 5.79. The lowest BCUT2D eigenvalue weighted by atomic mass is 9.89. The molecule has 0 bridgehead atoms. The van der Waals surface area contributed by atoms with E-state index in [0.717, 1.165) is 25.0 Å². The molecule has 0 spiro atoms. The molecule has 1 aliphatic heterocycles. The smallest absolute Gasteiger partial charge is 0.416 e. The minimum Gasteiger partial charge on any atom is -0.491 e. The maximum atomic E-state index is 12.8. The molecule has 1 aromatic carbocycles. The van der Waals surface area contributed by atoms with Gasteiger partial charge in [0.05, 0.1) is 11.7 Å². The van der Waals surface area contributed by atoms with Gasteiger partial charge >= 0.3 is 12.1 Å². The molecular formula is C23H28F3O5P. The molecule has 176 valence electrons. The van der Waals surface area contributed by atoms with Gasteiger partial charge < -0.3 is 19.1 Å². The molecule has 5 nitrogen and oxygen atoms in total. The Morgan fingerprint density at radius 3 is 2.88 bits per heavy atom. The SMILES string of the molecule is O=C1CCC/C=C\C[C@@H]2[C@@H](/C=C/[C@@H](O)COc3cccc(C(F)(F)F)c3)[C@H](OP)C[C@@H]2O1. The number of esters is 1. The third-order valence-corrected chi connectivity index (χ3v) is 6.14. The number of hydrogen-bond acceptors (Lipinski definition) is 5. The Bertz CT molecular complexity index is 826. The Morgan fingerprint density at radius 1 is 1.31 bits per heavy atom. The van der Waals surface area contributed by atoms with E-state index < -0.39 is 17.8 Å². The molecule has 0 radical (unpaired) electrons. The number of rotatable bonds is 6. The van der Waals surface area contributed by atoms with Crippen molar-refractivity contribution in [2.75, 3.05) is 6.61 Å². The van der Waals surface area contributed by atoms with E-state index in [1.807, 2.05) is 6.08 Å². The van der Waals surface area contributed by atoms with Crippen LogP contribution in [-0.2, 0) is 20.2 Å². The third kappa shape index (κ3) is 6.80. The highest BCUT2D eigenvalue weighted by Crippen LogP contribution is 2.41. The second kappa shape index (κ2) is 11.3. The van der Waals surface area contributed by atoms with Crippen molar-refractivity contribution in [2.24, 2.45) is 11.8 Å². The van der Waals surface area contributed by atoms with Crippen LogP contribution in [0.4, 0.5) is 13.2 Å². The molecule has 3 rings (SSSR count). The quantitative estimate of drug-likeness (QED) is 0.364. The molecule has 0 amide bonds. The number of ether oxygens (including phenoxy) is 2. The van der Waals surface area contributed by atoms with E-state index >= 15 is 0 Å². The lowest BCUT2D eigenvalue weighted by molar-refractivity contribution is -0.151. The topological polar surface area (TPSA) is 65.0 Å². The first kappa shape index (κ1) is 24.7. The van der Waals surface area contributed by atoms with Crippen LogP contribution in [0.15, 0.2) is 48.6 Å². The number of allylic oxidation sites excluding steroid dienone is 2. The summed E-state index contributed by atoms with van der Waals surface area (Å²) in [5.41, 5.74) is -0.809. The van der Waals surface area contributed by atoms with E-state index in [0.29, 0.717) is 19.3 Å². The van der Waals surface area contributed by atoms with Crippen LogP contribution in [0, 0.1) is 11.8 Å². The molecule has 1 fully saturated rings. The average molecular weight is 472 g/mol. The molecular weight excluding hydrogens is 444 g/mol. The van der Waals surface area contributed by atoms with E-state index in [9.17, 15) is 23.1 Å². The number of carbonyl (C=O) groups is 1. The molecule has 32 heavy (non-hydrogen) atoms. The molecule has 2 aliphatic rings. The predicted octanol–water partition coefficient (Wildman–Crippen LogP) is 4.85. The molecule has 0 aromatic heterocycles. The minimum atomic E-state index is -4.46. The molecule has 1 N–H and O–H groups in total. The number of carbonyl (C=O) groups excluding carboxylic acids is 1. The summed E-state index contributed by atoms with van der Waals surface area (Å²) in [7, 11) is 2.25. The maximum Gasteiger partial charge on any atom is 0.416 e. The van der Waals surface area contributed by atoms with Gasteiger partial charge in [0, 0.05) is 34.1 Å². The molecule has 1 unspecified atom stereocenters. The van der Waals surface area contributed by atoms with Gasteiger partial charge in [-0.1, -0.05) is 30.4 Å². The van der Waals surface area contributed by atoms with Gasteiger partial charge in [0.15, 0.2) is 0 Å². The highest BCUT2D eigenvalue weighted by atomic mass is 31.0. The number of hydrogen-bond donors (Lipinski definition) is 1. The van der Waals surface area contributed by atoms with E-state index in [1.165, 1.54) is 12.1 Å². The summed E-state index contributed by atoms with van der Waals surface area (Å²) in [6, 6.07) is 4.53. The first-order valence-corrected chi connectivity index (χ1v) is 11.1. The van der Waals surface area contributed by atoms with Gasteiger partial charge in [0.25, 0.3) is 0 Å². The summed E-state index contributed by atoms with van der Waals surface area (Å²) in [6.07, 6.45) is 4.82. The van der Waals surface area contributed by atoms with Crippen molar-refractivity contribution in [1.82, 2.24) is 0 Å². The van der Waals surface area contributed by atoms with Gasteiger partial charge in [0.1, 0.15) is 24.6 Å². The largest absolute Gasteiger partial charge is 0.491 e. The number of aliphatic hydroxyl groups is 1. The second-order valence-electron chi connectivity index (χ2n) is 8.07. The van der Waals surface area contributed by atoms with Crippen LogP contribution >= 0.6 is 9.47 Å². The summed E-state index contributed by atoms with van der Waals surface area (Å²) < 4.78 is 55.0. The van der Waals surface area contributed by atoms with Crippen LogP contribution in [0.5, 0.6) is 5.75 Å². The Labute approximate surface area is 187 Å². The molecule has 9 heteroatoms. The van der Waals surface area contributed by atoms with Crippen molar-refractivity contribution in [2.45, 2.75) is 56.6 Å². The minimum absolute atomic E-state index is 0.00619. The van der Waals surface area contributed by atoms with Crippen LogP contribution in [0.25, 0.3) is 0 Å². The van der Waals surface area contributed by atoms with Crippen molar-refractivity contribution < 1.29 is 37.1 Å². The van der Waals surface area contributed by atoms with Gasteiger partial charge in [-0.05, 0) is 37.5 Å².